The van der Waals surface area contributed by atoms with Crippen molar-refractivity contribution in [3.63, 3.8) is 0 Å². The fraction of sp³-hybridized carbons (Fsp3) is 0.200. The Kier molecular flexibility index (Phi) is 3.83. The Labute approximate surface area is 99.1 Å². The van der Waals surface area contributed by atoms with Crippen molar-refractivity contribution in [3.05, 3.63) is 24.3 Å². The zero-order valence-electron chi connectivity index (χ0n) is 9.04. The van der Waals surface area contributed by atoms with Gasteiger partial charge in [0, 0.05) is 5.69 Å². The van der Waals surface area contributed by atoms with Gasteiger partial charge in [0.05, 0.1) is 11.0 Å². The number of carbonyl (C=O) groups is 1. The summed E-state index contributed by atoms with van der Waals surface area (Å²) in [6, 6.07) is 5.63. The molecule has 0 aromatic heterocycles. The molecule has 0 amide bonds. The van der Waals surface area contributed by atoms with E-state index >= 15 is 0 Å². The van der Waals surface area contributed by atoms with Crippen LogP contribution in [0.25, 0.3) is 0 Å². The number of nitrogens with one attached hydrogen (secondary N) is 1. The maximum Gasteiger partial charge on any atom is 0.242 e. The van der Waals surface area contributed by atoms with Gasteiger partial charge in [-0.05, 0) is 31.2 Å². The van der Waals surface area contributed by atoms with E-state index in [4.69, 9.17) is 11.0 Å². The minimum atomic E-state index is -3.88. The molecule has 0 saturated carbocycles. The van der Waals surface area contributed by atoms with Crippen molar-refractivity contribution in [1.82, 2.24) is 4.72 Å². The highest BCUT2D eigenvalue weighted by molar-refractivity contribution is 7.89. The zero-order valence-corrected chi connectivity index (χ0v) is 9.86. The first-order valence-electron chi connectivity index (χ1n) is 4.65. The first-order chi connectivity index (χ1) is 7.86. The van der Waals surface area contributed by atoms with Crippen molar-refractivity contribution < 1.29 is 13.2 Å². The molecular weight excluding hydrogens is 242 g/mol. The number of carbonyl (C=O) groups excluding carboxylic acids is 1. The molecule has 1 aromatic carbocycles. The van der Waals surface area contributed by atoms with Gasteiger partial charge >= 0.3 is 0 Å². The molecule has 6 nitrogen and oxygen atoms in total. The summed E-state index contributed by atoms with van der Waals surface area (Å²) in [5.41, 5.74) is 5.85. The van der Waals surface area contributed by atoms with Crippen molar-refractivity contribution in [2.24, 2.45) is 0 Å². The number of nitrogens with two attached hydrogens (primary N) is 1. The molecule has 0 spiro atoms. The molecule has 7 heteroatoms. The molecule has 0 fully saturated rings. The van der Waals surface area contributed by atoms with Gasteiger partial charge in [-0.15, -0.1) is 0 Å². The molecule has 3 N–H and O–H groups in total. The van der Waals surface area contributed by atoms with Crippen LogP contribution in [0.3, 0.4) is 0 Å². The van der Waals surface area contributed by atoms with Crippen molar-refractivity contribution in [2.75, 3.05) is 5.73 Å². The summed E-state index contributed by atoms with van der Waals surface area (Å²) in [6.45, 7) is 1.14. The van der Waals surface area contributed by atoms with Crippen LogP contribution in [0.15, 0.2) is 29.2 Å². The van der Waals surface area contributed by atoms with Crippen LogP contribution >= 0.6 is 0 Å². The second kappa shape index (κ2) is 4.95. The Morgan fingerprint density at radius 2 is 1.94 bits per heavy atom. The zero-order chi connectivity index (χ0) is 13.1. The monoisotopic (exact) mass is 253 g/mol. The standard InChI is InChI=1S/C10H11N3O3S/c1-7(14)10(6-11)13-17(15,16)9-4-2-8(12)3-5-9/h2-5,10,13H,12H2,1H3. The minimum absolute atomic E-state index is 0.0480. The average molecular weight is 253 g/mol. The van der Waals surface area contributed by atoms with Crippen LogP contribution in [0.1, 0.15) is 6.92 Å². The lowest BCUT2D eigenvalue weighted by molar-refractivity contribution is -0.117. The molecule has 1 atom stereocenters. The number of sulfonamides is 1. The number of rotatable bonds is 4. The Hall–Kier alpha value is -1.91. The van der Waals surface area contributed by atoms with E-state index in [2.05, 4.69) is 0 Å². The number of anilines is 1. The summed E-state index contributed by atoms with van der Waals surface area (Å²) >= 11 is 0. The van der Waals surface area contributed by atoms with Crippen molar-refractivity contribution in [3.8, 4) is 6.07 Å². The van der Waals surface area contributed by atoms with E-state index in [-0.39, 0.29) is 4.90 Å². The summed E-state index contributed by atoms with van der Waals surface area (Å²) in [5.74, 6) is -0.563. The van der Waals surface area contributed by atoms with Gasteiger partial charge < -0.3 is 5.73 Å². The Morgan fingerprint density at radius 3 is 2.35 bits per heavy atom. The van der Waals surface area contributed by atoms with Crippen LogP contribution < -0.4 is 10.5 Å². The van der Waals surface area contributed by atoms with Gasteiger partial charge in [-0.25, -0.2) is 8.42 Å². The molecule has 90 valence electrons. The highest BCUT2D eigenvalue weighted by Crippen LogP contribution is 2.11. The molecule has 17 heavy (non-hydrogen) atoms. The molecule has 1 aromatic rings. The number of nitriles is 1. The van der Waals surface area contributed by atoms with E-state index in [1.54, 1.807) is 6.07 Å². The molecule has 1 unspecified atom stereocenters. The lowest BCUT2D eigenvalue weighted by atomic mass is 10.2. The third-order valence-electron chi connectivity index (χ3n) is 2.00. The second-order valence-electron chi connectivity index (χ2n) is 3.36. The third kappa shape index (κ3) is 3.27. The number of hydrogen-bond donors (Lipinski definition) is 2. The summed E-state index contributed by atoms with van der Waals surface area (Å²) in [5, 5.41) is 8.63. The van der Waals surface area contributed by atoms with E-state index in [1.165, 1.54) is 24.3 Å². The largest absolute Gasteiger partial charge is 0.399 e. The smallest absolute Gasteiger partial charge is 0.242 e. The Bertz CT molecular complexity index is 557. The lowest BCUT2D eigenvalue weighted by Crippen LogP contribution is -2.38. The topological polar surface area (TPSA) is 113 Å². The number of hydrogen-bond acceptors (Lipinski definition) is 5. The molecule has 0 radical (unpaired) electrons. The van der Waals surface area contributed by atoms with Gasteiger partial charge in [-0.3, -0.25) is 4.79 Å². The molecule has 1 rings (SSSR count). The average Bonchev–Trinajstić information content (AvgIpc) is 2.26. The van der Waals surface area contributed by atoms with Crippen molar-refractivity contribution >= 4 is 21.5 Å². The number of nitrogen functional groups attached to an aromatic ring is 1. The number of Topliss-reactive ketones (excluding diaryl/α,β-unsaturated/α-hetero) is 1. The first-order valence-corrected chi connectivity index (χ1v) is 6.13. The molecule has 0 heterocycles. The van der Waals surface area contributed by atoms with E-state index in [1.807, 2.05) is 4.72 Å². The maximum absolute atomic E-state index is 11.8. The fourth-order valence-electron chi connectivity index (χ4n) is 1.07. The predicted molar refractivity (Wildman–Crippen MR) is 61.3 cm³/mol. The molecule has 0 bridgehead atoms. The van der Waals surface area contributed by atoms with Crippen LogP contribution in [0.5, 0.6) is 0 Å². The predicted octanol–water partition coefficient (Wildman–Crippen LogP) is 0.0283. The van der Waals surface area contributed by atoms with E-state index in [0.717, 1.165) is 6.92 Å². The SMILES string of the molecule is CC(=O)C(C#N)NS(=O)(=O)c1ccc(N)cc1. The van der Waals surface area contributed by atoms with Crippen molar-refractivity contribution in [2.45, 2.75) is 17.9 Å². The first kappa shape index (κ1) is 13.2. The van der Waals surface area contributed by atoms with Gasteiger partial charge in [-0.2, -0.15) is 9.98 Å². The molecule has 0 aliphatic rings. The van der Waals surface area contributed by atoms with Crippen LogP contribution in [0.4, 0.5) is 5.69 Å². The van der Waals surface area contributed by atoms with E-state index < -0.39 is 21.8 Å². The van der Waals surface area contributed by atoms with Gasteiger partial charge in [0.25, 0.3) is 0 Å². The molecule has 0 aliphatic carbocycles. The Morgan fingerprint density at radius 1 is 1.41 bits per heavy atom. The van der Waals surface area contributed by atoms with Crippen LogP contribution in [-0.4, -0.2) is 20.2 Å². The van der Waals surface area contributed by atoms with Crippen molar-refractivity contribution in [1.29, 1.82) is 5.26 Å². The van der Waals surface area contributed by atoms with Gasteiger partial charge in [0.2, 0.25) is 10.0 Å². The number of nitrogens with zero attached hydrogens (tertiary/aromatic N) is 1. The summed E-state index contributed by atoms with van der Waals surface area (Å²) in [7, 11) is -3.88. The molecular formula is C10H11N3O3S. The summed E-state index contributed by atoms with van der Waals surface area (Å²) < 4.78 is 25.5. The molecule has 0 aliphatic heterocycles. The van der Waals surface area contributed by atoms with E-state index in [0.29, 0.717) is 5.69 Å². The highest BCUT2D eigenvalue weighted by atomic mass is 32.2. The van der Waals surface area contributed by atoms with E-state index in [9.17, 15) is 13.2 Å². The van der Waals surface area contributed by atoms with Crippen LogP contribution in [0, 0.1) is 11.3 Å². The normalized spacial score (nSPS) is 12.7. The molecule has 0 saturated heterocycles. The quantitative estimate of drug-likeness (QED) is 0.735. The third-order valence-corrected chi connectivity index (χ3v) is 3.44. The Balaban J connectivity index is 3.01. The van der Waals surface area contributed by atoms with Gasteiger partial charge in [-0.1, -0.05) is 0 Å². The number of ketones is 1. The highest BCUT2D eigenvalue weighted by Gasteiger charge is 2.22. The lowest BCUT2D eigenvalue weighted by Gasteiger charge is -2.09. The minimum Gasteiger partial charge on any atom is -0.399 e. The fourth-order valence-corrected chi connectivity index (χ4v) is 2.23. The van der Waals surface area contributed by atoms with Crippen LogP contribution in [0.2, 0.25) is 0 Å². The second-order valence-corrected chi connectivity index (χ2v) is 5.08. The van der Waals surface area contributed by atoms with Gasteiger partial charge in [0.1, 0.15) is 0 Å². The van der Waals surface area contributed by atoms with Crippen LogP contribution in [-0.2, 0) is 14.8 Å². The maximum atomic E-state index is 11.8. The summed E-state index contributed by atoms with van der Waals surface area (Å²) in [6.07, 6.45) is 0. The van der Waals surface area contributed by atoms with Gasteiger partial charge in [0.15, 0.2) is 11.8 Å². The summed E-state index contributed by atoms with van der Waals surface area (Å²) in [4.78, 5) is 10.9. The number of benzene rings is 1.